The summed E-state index contributed by atoms with van der Waals surface area (Å²) in [5, 5.41) is 2.71. The first kappa shape index (κ1) is 19.9. The number of anilines is 1. The fourth-order valence-corrected chi connectivity index (χ4v) is 4.05. The molecule has 0 aliphatic carbocycles. The highest BCUT2D eigenvalue weighted by molar-refractivity contribution is 7.89. The third kappa shape index (κ3) is 4.83. The van der Waals surface area contributed by atoms with Crippen LogP contribution < -0.4 is 14.8 Å². The largest absolute Gasteiger partial charge is 0.496 e. The SMILES string of the molecule is COc1cc(C)c(S(=O)(=O)NCC(=O)Nc2cc(C)cc(C)c2)cc1C. The molecule has 0 heterocycles. The zero-order valence-corrected chi connectivity index (χ0v) is 16.5. The molecular formula is C19H24N2O4S. The van der Waals surface area contributed by atoms with Crippen LogP contribution in [0, 0.1) is 27.7 Å². The zero-order valence-electron chi connectivity index (χ0n) is 15.6. The van der Waals surface area contributed by atoms with Crippen molar-refractivity contribution in [1.82, 2.24) is 4.72 Å². The van der Waals surface area contributed by atoms with Gasteiger partial charge in [0.05, 0.1) is 18.6 Å². The number of ether oxygens (including phenoxy) is 1. The van der Waals surface area contributed by atoms with Gasteiger partial charge in [-0.2, -0.15) is 0 Å². The van der Waals surface area contributed by atoms with Gasteiger partial charge in [0.25, 0.3) is 0 Å². The first-order valence-electron chi connectivity index (χ1n) is 8.15. The normalized spacial score (nSPS) is 11.3. The van der Waals surface area contributed by atoms with Gasteiger partial charge in [0, 0.05) is 5.69 Å². The molecule has 0 atom stereocenters. The Kier molecular flexibility index (Phi) is 6.05. The molecule has 0 aromatic heterocycles. The van der Waals surface area contributed by atoms with Gasteiger partial charge in [0.1, 0.15) is 5.75 Å². The number of nitrogens with one attached hydrogen (secondary N) is 2. The summed E-state index contributed by atoms with van der Waals surface area (Å²) in [5.74, 6) is 0.190. The van der Waals surface area contributed by atoms with Gasteiger partial charge in [0.15, 0.2) is 0 Å². The number of sulfonamides is 1. The van der Waals surface area contributed by atoms with E-state index in [1.54, 1.807) is 26.0 Å². The maximum atomic E-state index is 12.5. The van der Waals surface area contributed by atoms with E-state index in [0.29, 0.717) is 22.6 Å². The van der Waals surface area contributed by atoms with Gasteiger partial charge in [-0.1, -0.05) is 6.07 Å². The summed E-state index contributed by atoms with van der Waals surface area (Å²) in [6.07, 6.45) is 0. The monoisotopic (exact) mass is 376 g/mol. The number of methoxy groups -OCH3 is 1. The number of carbonyl (C=O) groups excluding carboxylic acids is 1. The Bertz CT molecular complexity index is 917. The predicted molar refractivity (Wildman–Crippen MR) is 102 cm³/mol. The third-order valence-electron chi connectivity index (χ3n) is 3.91. The van der Waals surface area contributed by atoms with Crippen LogP contribution in [0.4, 0.5) is 5.69 Å². The molecule has 1 amide bonds. The van der Waals surface area contributed by atoms with E-state index in [-0.39, 0.29) is 11.4 Å². The summed E-state index contributed by atoms with van der Waals surface area (Å²) in [6.45, 7) is 6.97. The van der Waals surface area contributed by atoms with E-state index in [2.05, 4.69) is 10.0 Å². The van der Waals surface area contributed by atoms with Gasteiger partial charge < -0.3 is 10.1 Å². The highest BCUT2D eigenvalue weighted by atomic mass is 32.2. The number of amides is 1. The molecule has 6 nitrogen and oxygen atoms in total. The van der Waals surface area contributed by atoms with E-state index in [0.717, 1.165) is 11.1 Å². The molecule has 0 unspecified atom stereocenters. The first-order valence-corrected chi connectivity index (χ1v) is 9.64. The number of rotatable bonds is 6. The lowest BCUT2D eigenvalue weighted by atomic mass is 10.1. The highest BCUT2D eigenvalue weighted by Crippen LogP contribution is 2.25. The fourth-order valence-electron chi connectivity index (χ4n) is 2.76. The maximum absolute atomic E-state index is 12.5. The summed E-state index contributed by atoms with van der Waals surface area (Å²) in [4.78, 5) is 12.2. The van der Waals surface area contributed by atoms with E-state index >= 15 is 0 Å². The second kappa shape index (κ2) is 7.88. The molecule has 2 N–H and O–H groups in total. The van der Waals surface area contributed by atoms with Crippen LogP contribution in [-0.2, 0) is 14.8 Å². The van der Waals surface area contributed by atoms with Crippen molar-refractivity contribution in [1.29, 1.82) is 0 Å². The average Bonchev–Trinajstić information content (AvgIpc) is 2.53. The molecular weight excluding hydrogens is 352 g/mol. The fraction of sp³-hybridized carbons (Fsp3) is 0.316. The van der Waals surface area contributed by atoms with Crippen LogP contribution >= 0.6 is 0 Å². The lowest BCUT2D eigenvalue weighted by molar-refractivity contribution is -0.115. The topological polar surface area (TPSA) is 84.5 Å². The number of benzene rings is 2. The molecule has 0 aliphatic heterocycles. The van der Waals surface area contributed by atoms with Gasteiger partial charge in [0.2, 0.25) is 15.9 Å². The standard InChI is InChI=1S/C19H24N2O4S/c1-12-6-13(2)8-16(7-12)21-19(22)11-20-26(23,24)18-10-14(3)17(25-5)9-15(18)4/h6-10,20H,11H2,1-5H3,(H,21,22). The van der Waals surface area contributed by atoms with Gasteiger partial charge >= 0.3 is 0 Å². The minimum absolute atomic E-state index is 0.134. The smallest absolute Gasteiger partial charge is 0.241 e. The van der Waals surface area contributed by atoms with E-state index in [1.807, 2.05) is 32.0 Å². The number of hydrogen-bond donors (Lipinski definition) is 2. The van der Waals surface area contributed by atoms with Crippen molar-refractivity contribution < 1.29 is 17.9 Å². The number of aryl methyl sites for hydroxylation is 4. The van der Waals surface area contributed by atoms with Crippen molar-refractivity contribution in [2.24, 2.45) is 0 Å². The van der Waals surface area contributed by atoms with Crippen LogP contribution in [0.5, 0.6) is 5.75 Å². The lowest BCUT2D eigenvalue weighted by Gasteiger charge is -2.13. The van der Waals surface area contributed by atoms with Crippen LogP contribution in [0.3, 0.4) is 0 Å². The molecule has 7 heteroatoms. The molecule has 2 aromatic carbocycles. The molecule has 140 valence electrons. The Morgan fingerprint density at radius 1 is 0.962 bits per heavy atom. The molecule has 0 saturated heterocycles. The van der Waals surface area contributed by atoms with Crippen molar-refractivity contribution in [2.75, 3.05) is 19.0 Å². The number of carbonyl (C=O) groups is 1. The van der Waals surface area contributed by atoms with E-state index in [1.165, 1.54) is 7.11 Å². The van der Waals surface area contributed by atoms with Gasteiger partial charge in [-0.25, -0.2) is 13.1 Å². The van der Waals surface area contributed by atoms with E-state index < -0.39 is 15.9 Å². The summed E-state index contributed by atoms with van der Waals surface area (Å²) in [7, 11) is -2.28. The summed E-state index contributed by atoms with van der Waals surface area (Å²) in [6, 6.07) is 8.86. The Balaban J connectivity index is 2.10. The summed E-state index contributed by atoms with van der Waals surface area (Å²) >= 11 is 0. The Labute approximate surface area is 154 Å². The molecule has 2 aromatic rings. The lowest BCUT2D eigenvalue weighted by Crippen LogP contribution is -2.33. The second-order valence-corrected chi connectivity index (χ2v) is 8.07. The summed E-state index contributed by atoms with van der Waals surface area (Å²) in [5.41, 5.74) is 3.94. The predicted octanol–water partition coefficient (Wildman–Crippen LogP) is 2.85. The molecule has 26 heavy (non-hydrogen) atoms. The Morgan fingerprint density at radius 3 is 2.15 bits per heavy atom. The molecule has 2 rings (SSSR count). The van der Waals surface area contributed by atoms with Crippen LogP contribution in [0.2, 0.25) is 0 Å². The van der Waals surface area contributed by atoms with Crippen molar-refractivity contribution in [2.45, 2.75) is 32.6 Å². The van der Waals surface area contributed by atoms with Crippen LogP contribution in [0.15, 0.2) is 35.2 Å². The minimum Gasteiger partial charge on any atom is -0.496 e. The van der Waals surface area contributed by atoms with E-state index in [9.17, 15) is 13.2 Å². The average molecular weight is 376 g/mol. The highest BCUT2D eigenvalue weighted by Gasteiger charge is 2.19. The van der Waals surface area contributed by atoms with Crippen molar-refractivity contribution in [3.05, 3.63) is 52.6 Å². The number of hydrogen-bond acceptors (Lipinski definition) is 4. The Morgan fingerprint density at radius 2 is 1.58 bits per heavy atom. The molecule has 0 fully saturated rings. The first-order chi connectivity index (χ1) is 12.1. The van der Waals surface area contributed by atoms with Gasteiger partial charge in [-0.05, 0) is 74.2 Å². The van der Waals surface area contributed by atoms with Crippen molar-refractivity contribution in [3.63, 3.8) is 0 Å². The van der Waals surface area contributed by atoms with Gasteiger partial charge in [-0.15, -0.1) is 0 Å². The van der Waals surface area contributed by atoms with Crippen LogP contribution in [0.1, 0.15) is 22.3 Å². The van der Waals surface area contributed by atoms with Crippen molar-refractivity contribution >= 4 is 21.6 Å². The Hall–Kier alpha value is -2.38. The van der Waals surface area contributed by atoms with Crippen LogP contribution in [0.25, 0.3) is 0 Å². The molecule has 0 spiro atoms. The van der Waals surface area contributed by atoms with E-state index in [4.69, 9.17) is 4.74 Å². The van der Waals surface area contributed by atoms with Gasteiger partial charge in [-0.3, -0.25) is 4.79 Å². The molecule has 0 aliphatic rings. The quantitative estimate of drug-likeness (QED) is 0.812. The minimum atomic E-state index is -3.81. The molecule has 0 saturated carbocycles. The third-order valence-corrected chi connectivity index (χ3v) is 5.45. The summed E-state index contributed by atoms with van der Waals surface area (Å²) < 4.78 is 32.6. The second-order valence-electron chi connectivity index (χ2n) is 6.34. The van der Waals surface area contributed by atoms with Crippen molar-refractivity contribution in [3.8, 4) is 5.75 Å². The maximum Gasteiger partial charge on any atom is 0.241 e. The molecule has 0 radical (unpaired) electrons. The molecule has 0 bridgehead atoms. The zero-order chi connectivity index (χ0) is 19.5. The van der Waals surface area contributed by atoms with Crippen LogP contribution in [-0.4, -0.2) is 28.0 Å².